The molecule has 0 atom stereocenters. The molecule has 0 saturated heterocycles. The van der Waals surface area contributed by atoms with E-state index in [1.807, 2.05) is 18.6 Å². The van der Waals surface area contributed by atoms with Crippen molar-refractivity contribution < 1.29 is 0 Å². The molecule has 28 heavy (non-hydrogen) atoms. The van der Waals surface area contributed by atoms with Crippen LogP contribution in [-0.2, 0) is 13.0 Å². The average Bonchev–Trinajstić information content (AvgIpc) is 3.21. The highest BCUT2D eigenvalue weighted by Gasteiger charge is 2.08. The van der Waals surface area contributed by atoms with Crippen molar-refractivity contribution >= 4 is 28.1 Å². The molecule has 0 radical (unpaired) electrons. The van der Waals surface area contributed by atoms with Crippen LogP contribution in [0.5, 0.6) is 0 Å². The fraction of sp³-hybridized carbons (Fsp3) is 0.0909. The number of halogens is 1. The number of benzene rings is 2. The Balaban J connectivity index is 1.54. The first-order chi connectivity index (χ1) is 13.6. The fourth-order valence-electron chi connectivity index (χ4n) is 3.25. The molecule has 6 heteroatoms. The number of rotatable bonds is 5. The minimum Gasteiger partial charge on any atom is -0.396 e. The van der Waals surface area contributed by atoms with Gasteiger partial charge in [-0.05, 0) is 34.9 Å². The SMILES string of the molecule is N/C(Cl)=C(\N)c1ccnc(-c2cn(CCc3cccc4ccccc34)cn2)c1. The molecule has 0 bridgehead atoms. The summed E-state index contributed by atoms with van der Waals surface area (Å²) in [7, 11) is 0. The number of aryl methyl sites for hydroxylation is 2. The molecule has 0 aliphatic heterocycles. The molecular formula is C22H20ClN5. The number of nitrogens with two attached hydrogens (primary N) is 2. The molecule has 2 aromatic heterocycles. The molecule has 0 fully saturated rings. The van der Waals surface area contributed by atoms with Gasteiger partial charge in [0.1, 0.15) is 10.9 Å². The van der Waals surface area contributed by atoms with Crippen molar-refractivity contribution in [3.05, 3.63) is 89.6 Å². The highest BCUT2D eigenvalue weighted by atomic mass is 35.5. The van der Waals surface area contributed by atoms with Crippen molar-refractivity contribution in [2.24, 2.45) is 11.5 Å². The number of nitrogens with zero attached hydrogens (tertiary/aromatic N) is 3. The summed E-state index contributed by atoms with van der Waals surface area (Å²) in [6.07, 6.45) is 6.40. The summed E-state index contributed by atoms with van der Waals surface area (Å²) in [5.74, 6) is 0. The standard InChI is InChI=1S/C22H20ClN5/c23-22(25)21(24)17-8-10-26-19(12-17)20-13-28(14-27-20)11-9-16-6-3-5-15-4-1-2-7-18(15)16/h1-8,10,12-14H,9,11,24-25H2/b22-21-. The zero-order valence-electron chi connectivity index (χ0n) is 15.2. The lowest BCUT2D eigenvalue weighted by Gasteiger charge is -2.07. The van der Waals surface area contributed by atoms with Gasteiger partial charge in [-0.1, -0.05) is 54.1 Å². The van der Waals surface area contributed by atoms with E-state index in [0.717, 1.165) is 29.9 Å². The number of hydrogen-bond donors (Lipinski definition) is 2. The smallest absolute Gasteiger partial charge is 0.123 e. The van der Waals surface area contributed by atoms with Gasteiger partial charge in [0.25, 0.3) is 0 Å². The number of fused-ring (bicyclic) bond motifs is 1. The van der Waals surface area contributed by atoms with Crippen molar-refractivity contribution in [3.63, 3.8) is 0 Å². The van der Waals surface area contributed by atoms with E-state index in [0.29, 0.717) is 5.70 Å². The third-order valence-corrected chi connectivity index (χ3v) is 4.95. The maximum atomic E-state index is 5.92. The maximum Gasteiger partial charge on any atom is 0.123 e. The monoisotopic (exact) mass is 389 g/mol. The molecule has 4 aromatic rings. The summed E-state index contributed by atoms with van der Waals surface area (Å²) in [4.78, 5) is 8.87. The van der Waals surface area contributed by atoms with Crippen LogP contribution in [-0.4, -0.2) is 14.5 Å². The predicted octanol–water partition coefficient (Wildman–Crippen LogP) is 4.12. The quantitative estimate of drug-likeness (QED) is 0.503. The van der Waals surface area contributed by atoms with Gasteiger partial charge in [0, 0.05) is 24.5 Å². The first kappa shape index (κ1) is 18.1. The van der Waals surface area contributed by atoms with Crippen LogP contribution < -0.4 is 11.5 Å². The molecule has 0 aliphatic carbocycles. The molecule has 0 aliphatic rings. The summed E-state index contributed by atoms with van der Waals surface area (Å²) in [6.45, 7) is 0.831. The topological polar surface area (TPSA) is 82.8 Å². The molecule has 0 saturated carbocycles. The normalized spacial score (nSPS) is 12.2. The zero-order chi connectivity index (χ0) is 19.5. The molecule has 2 aromatic carbocycles. The molecule has 140 valence electrons. The summed E-state index contributed by atoms with van der Waals surface area (Å²) < 4.78 is 2.07. The van der Waals surface area contributed by atoms with Crippen LogP contribution in [0, 0.1) is 0 Å². The highest BCUT2D eigenvalue weighted by molar-refractivity contribution is 6.31. The van der Waals surface area contributed by atoms with E-state index in [1.165, 1.54) is 16.3 Å². The van der Waals surface area contributed by atoms with Crippen LogP contribution in [0.25, 0.3) is 27.9 Å². The fourth-order valence-corrected chi connectivity index (χ4v) is 3.36. The van der Waals surface area contributed by atoms with Gasteiger partial charge in [-0.3, -0.25) is 4.98 Å². The van der Waals surface area contributed by atoms with E-state index >= 15 is 0 Å². The van der Waals surface area contributed by atoms with E-state index in [2.05, 4.69) is 57.0 Å². The van der Waals surface area contributed by atoms with E-state index in [4.69, 9.17) is 23.1 Å². The lowest BCUT2D eigenvalue weighted by Crippen LogP contribution is -2.04. The number of imidazole rings is 1. The summed E-state index contributed by atoms with van der Waals surface area (Å²) in [5, 5.41) is 2.62. The third kappa shape index (κ3) is 3.70. The van der Waals surface area contributed by atoms with Gasteiger partial charge in [0.2, 0.25) is 0 Å². The molecule has 4 rings (SSSR count). The van der Waals surface area contributed by atoms with Crippen molar-refractivity contribution in [3.8, 4) is 11.4 Å². The number of hydrogen-bond acceptors (Lipinski definition) is 4. The van der Waals surface area contributed by atoms with Gasteiger partial charge >= 0.3 is 0 Å². The predicted molar refractivity (Wildman–Crippen MR) is 114 cm³/mol. The van der Waals surface area contributed by atoms with E-state index in [9.17, 15) is 0 Å². The maximum absolute atomic E-state index is 5.92. The molecule has 2 heterocycles. The van der Waals surface area contributed by atoms with Crippen molar-refractivity contribution in [1.82, 2.24) is 14.5 Å². The van der Waals surface area contributed by atoms with Crippen LogP contribution in [0.2, 0.25) is 0 Å². The largest absolute Gasteiger partial charge is 0.396 e. The Kier molecular flexibility index (Phi) is 5.00. The lowest BCUT2D eigenvalue weighted by molar-refractivity contribution is 0.698. The molecular weight excluding hydrogens is 370 g/mol. The number of pyridine rings is 1. The van der Waals surface area contributed by atoms with Crippen LogP contribution in [0.15, 0.2) is 78.5 Å². The molecule has 5 nitrogen and oxygen atoms in total. The average molecular weight is 390 g/mol. The van der Waals surface area contributed by atoms with Crippen LogP contribution in [0.4, 0.5) is 0 Å². The van der Waals surface area contributed by atoms with Crippen molar-refractivity contribution in [2.45, 2.75) is 13.0 Å². The Labute approximate surface area is 168 Å². The van der Waals surface area contributed by atoms with Gasteiger partial charge in [-0.25, -0.2) is 4.98 Å². The van der Waals surface area contributed by atoms with Gasteiger partial charge in [-0.2, -0.15) is 0 Å². The molecule has 4 N–H and O–H groups in total. The second kappa shape index (κ2) is 7.74. The van der Waals surface area contributed by atoms with Crippen LogP contribution in [0.3, 0.4) is 0 Å². The van der Waals surface area contributed by atoms with Crippen LogP contribution in [0.1, 0.15) is 11.1 Å². The van der Waals surface area contributed by atoms with E-state index in [1.54, 1.807) is 12.3 Å². The minimum absolute atomic E-state index is 0.0674. The first-order valence-corrected chi connectivity index (χ1v) is 9.35. The van der Waals surface area contributed by atoms with Gasteiger partial charge in [0.15, 0.2) is 0 Å². The Morgan fingerprint density at radius 2 is 1.79 bits per heavy atom. The molecule has 0 unspecified atom stereocenters. The zero-order valence-corrected chi connectivity index (χ0v) is 16.0. The minimum atomic E-state index is 0.0674. The molecule has 0 amide bonds. The van der Waals surface area contributed by atoms with Gasteiger partial charge in [0.05, 0.1) is 17.7 Å². The third-order valence-electron chi connectivity index (χ3n) is 4.74. The van der Waals surface area contributed by atoms with Crippen molar-refractivity contribution in [2.75, 3.05) is 0 Å². The highest BCUT2D eigenvalue weighted by Crippen LogP contribution is 2.21. The first-order valence-electron chi connectivity index (χ1n) is 8.98. The van der Waals surface area contributed by atoms with E-state index in [-0.39, 0.29) is 5.16 Å². The summed E-state index contributed by atoms with van der Waals surface area (Å²) >= 11 is 5.80. The van der Waals surface area contributed by atoms with Gasteiger partial charge in [-0.15, -0.1) is 0 Å². The Morgan fingerprint density at radius 1 is 0.964 bits per heavy atom. The summed E-state index contributed by atoms with van der Waals surface area (Å²) in [6, 6.07) is 18.5. The van der Waals surface area contributed by atoms with Gasteiger partial charge < -0.3 is 16.0 Å². The Hall–Kier alpha value is -3.31. The summed E-state index contributed by atoms with van der Waals surface area (Å²) in [5.41, 5.74) is 15.4. The Morgan fingerprint density at radius 3 is 2.64 bits per heavy atom. The Bertz CT molecular complexity index is 1150. The van der Waals surface area contributed by atoms with Crippen LogP contribution >= 0.6 is 11.6 Å². The molecule has 0 spiro atoms. The lowest BCUT2D eigenvalue weighted by atomic mass is 10.0. The number of aromatic nitrogens is 3. The second-order valence-corrected chi connectivity index (χ2v) is 6.98. The second-order valence-electron chi connectivity index (χ2n) is 6.58. The van der Waals surface area contributed by atoms with E-state index < -0.39 is 0 Å². The van der Waals surface area contributed by atoms with Crippen molar-refractivity contribution in [1.29, 1.82) is 0 Å².